The van der Waals surface area contributed by atoms with Crippen LogP contribution in [0.15, 0.2) is 24.3 Å². The molecule has 1 N–H and O–H groups in total. The monoisotopic (exact) mass is 285 g/mol. The summed E-state index contributed by atoms with van der Waals surface area (Å²) < 4.78 is 2.15. The molecule has 2 aromatic rings. The van der Waals surface area contributed by atoms with Gasteiger partial charge in [-0.2, -0.15) is 5.10 Å². The highest BCUT2D eigenvalue weighted by Crippen LogP contribution is 2.17. The lowest BCUT2D eigenvalue weighted by molar-refractivity contribution is 0.651. The second-order valence-corrected chi connectivity index (χ2v) is 5.69. The van der Waals surface area contributed by atoms with Gasteiger partial charge in [0.05, 0.1) is 12.2 Å². The number of nitrogens with one attached hydrogen (secondary N) is 1. The molecule has 0 saturated carbocycles. The number of aryl methyl sites for hydroxylation is 2. The molecule has 1 heterocycles. The number of aromatic nitrogens is 2. The highest BCUT2D eigenvalue weighted by atomic mass is 15.3. The molecule has 2 rings (SSSR count). The topological polar surface area (TPSA) is 29.9 Å². The summed E-state index contributed by atoms with van der Waals surface area (Å²) in [5, 5.41) is 8.13. The van der Waals surface area contributed by atoms with Gasteiger partial charge in [0.1, 0.15) is 0 Å². The van der Waals surface area contributed by atoms with Crippen LogP contribution in [0.25, 0.3) is 0 Å². The smallest absolute Gasteiger partial charge is 0.0665 e. The summed E-state index contributed by atoms with van der Waals surface area (Å²) in [5.74, 6) is 0. The predicted molar refractivity (Wildman–Crippen MR) is 88.8 cm³/mol. The molecule has 0 atom stereocenters. The van der Waals surface area contributed by atoms with Crippen LogP contribution in [0.5, 0.6) is 0 Å². The molecule has 0 amide bonds. The van der Waals surface area contributed by atoms with E-state index in [0.717, 1.165) is 26.1 Å². The van der Waals surface area contributed by atoms with Crippen molar-refractivity contribution < 1.29 is 0 Å². The molecule has 3 heteroatoms. The first kappa shape index (κ1) is 15.8. The van der Waals surface area contributed by atoms with Gasteiger partial charge in [-0.3, -0.25) is 4.68 Å². The molecule has 0 aliphatic rings. The number of nitrogens with zero attached hydrogens (tertiary/aromatic N) is 2. The van der Waals surface area contributed by atoms with Gasteiger partial charge in [0.2, 0.25) is 0 Å². The van der Waals surface area contributed by atoms with E-state index in [0.29, 0.717) is 0 Å². The van der Waals surface area contributed by atoms with E-state index in [2.05, 4.69) is 62.0 Å². The van der Waals surface area contributed by atoms with Crippen molar-refractivity contribution in [3.63, 3.8) is 0 Å². The molecule has 0 bridgehead atoms. The minimum absolute atomic E-state index is 0.868. The third kappa shape index (κ3) is 3.94. The quantitative estimate of drug-likeness (QED) is 0.790. The Morgan fingerprint density at radius 2 is 1.90 bits per heavy atom. The maximum Gasteiger partial charge on any atom is 0.0665 e. The second-order valence-electron chi connectivity index (χ2n) is 5.69. The van der Waals surface area contributed by atoms with Crippen molar-refractivity contribution in [2.24, 2.45) is 0 Å². The number of hydrogen-bond donors (Lipinski definition) is 1. The van der Waals surface area contributed by atoms with Gasteiger partial charge in [-0.1, -0.05) is 31.2 Å². The van der Waals surface area contributed by atoms with Gasteiger partial charge >= 0.3 is 0 Å². The molecule has 1 aromatic carbocycles. The third-order valence-corrected chi connectivity index (χ3v) is 4.14. The summed E-state index contributed by atoms with van der Waals surface area (Å²) >= 11 is 0. The standard InChI is InChI=1S/C18H27N3/c1-5-19-12-8-11-18-15(3)20-21(16(18)4)13-17-10-7-6-9-14(17)2/h6-7,9-10,19H,5,8,11-13H2,1-4H3. The zero-order valence-electron chi connectivity index (χ0n) is 13.7. The normalized spacial score (nSPS) is 11.0. The lowest BCUT2D eigenvalue weighted by Crippen LogP contribution is -2.14. The molecular weight excluding hydrogens is 258 g/mol. The van der Waals surface area contributed by atoms with Crippen molar-refractivity contribution in [1.82, 2.24) is 15.1 Å². The van der Waals surface area contributed by atoms with Gasteiger partial charge in [0.15, 0.2) is 0 Å². The fraction of sp³-hybridized carbons (Fsp3) is 0.500. The fourth-order valence-corrected chi connectivity index (χ4v) is 2.77. The van der Waals surface area contributed by atoms with Gasteiger partial charge in [0, 0.05) is 5.69 Å². The van der Waals surface area contributed by atoms with Crippen molar-refractivity contribution in [3.8, 4) is 0 Å². The third-order valence-electron chi connectivity index (χ3n) is 4.14. The molecule has 0 unspecified atom stereocenters. The van der Waals surface area contributed by atoms with Crippen molar-refractivity contribution in [2.75, 3.05) is 13.1 Å². The molecule has 0 aliphatic carbocycles. The van der Waals surface area contributed by atoms with Crippen LogP contribution in [0.1, 0.15) is 41.4 Å². The molecule has 21 heavy (non-hydrogen) atoms. The number of rotatable bonds is 7. The molecular formula is C18H27N3. The number of benzene rings is 1. The summed E-state index contributed by atoms with van der Waals surface area (Å²) in [6.45, 7) is 11.6. The molecule has 3 nitrogen and oxygen atoms in total. The minimum Gasteiger partial charge on any atom is -0.317 e. The van der Waals surface area contributed by atoms with E-state index in [1.54, 1.807) is 0 Å². The van der Waals surface area contributed by atoms with Gasteiger partial charge in [-0.05, 0) is 63.4 Å². The van der Waals surface area contributed by atoms with Crippen molar-refractivity contribution in [1.29, 1.82) is 0 Å². The molecule has 114 valence electrons. The van der Waals surface area contributed by atoms with Crippen LogP contribution in [-0.4, -0.2) is 22.9 Å². The zero-order chi connectivity index (χ0) is 15.2. The lowest BCUT2D eigenvalue weighted by Gasteiger charge is -2.08. The van der Waals surface area contributed by atoms with E-state index in [-0.39, 0.29) is 0 Å². The summed E-state index contributed by atoms with van der Waals surface area (Å²) in [6, 6.07) is 8.55. The first-order chi connectivity index (χ1) is 10.1. The molecule has 0 spiro atoms. The van der Waals surface area contributed by atoms with Gasteiger partial charge in [-0.25, -0.2) is 0 Å². The van der Waals surface area contributed by atoms with Crippen molar-refractivity contribution in [2.45, 2.75) is 47.1 Å². The van der Waals surface area contributed by atoms with E-state index >= 15 is 0 Å². The van der Waals surface area contributed by atoms with Crippen LogP contribution in [0.4, 0.5) is 0 Å². The zero-order valence-corrected chi connectivity index (χ0v) is 13.7. The highest BCUT2D eigenvalue weighted by Gasteiger charge is 2.11. The SMILES string of the molecule is CCNCCCc1c(C)nn(Cc2ccccc2C)c1C. The minimum atomic E-state index is 0.868. The Bertz CT molecular complexity index is 584. The number of hydrogen-bond acceptors (Lipinski definition) is 2. The van der Waals surface area contributed by atoms with E-state index in [4.69, 9.17) is 5.10 Å². The van der Waals surface area contributed by atoms with E-state index < -0.39 is 0 Å². The van der Waals surface area contributed by atoms with E-state index in [9.17, 15) is 0 Å². The predicted octanol–water partition coefficient (Wildman–Crippen LogP) is 3.40. The molecule has 1 aromatic heterocycles. The van der Waals surface area contributed by atoms with Crippen LogP contribution in [-0.2, 0) is 13.0 Å². The van der Waals surface area contributed by atoms with Gasteiger partial charge < -0.3 is 5.32 Å². The van der Waals surface area contributed by atoms with Crippen LogP contribution >= 0.6 is 0 Å². The maximum absolute atomic E-state index is 4.74. The molecule has 0 saturated heterocycles. The average Bonchev–Trinajstić information content (AvgIpc) is 2.73. The Morgan fingerprint density at radius 3 is 2.62 bits per heavy atom. The fourth-order valence-electron chi connectivity index (χ4n) is 2.77. The largest absolute Gasteiger partial charge is 0.317 e. The van der Waals surface area contributed by atoms with Crippen LogP contribution in [0.2, 0.25) is 0 Å². The molecule has 0 radical (unpaired) electrons. The first-order valence-corrected chi connectivity index (χ1v) is 7.91. The van der Waals surface area contributed by atoms with Crippen LogP contribution in [0.3, 0.4) is 0 Å². The Labute approximate surface area is 128 Å². The Hall–Kier alpha value is -1.61. The Kier molecular flexibility index (Phi) is 5.57. The van der Waals surface area contributed by atoms with Gasteiger partial charge in [-0.15, -0.1) is 0 Å². The maximum atomic E-state index is 4.74. The van der Waals surface area contributed by atoms with Gasteiger partial charge in [0.25, 0.3) is 0 Å². The van der Waals surface area contributed by atoms with Crippen LogP contribution < -0.4 is 5.32 Å². The van der Waals surface area contributed by atoms with Crippen molar-refractivity contribution >= 4 is 0 Å². The molecule has 0 fully saturated rings. The summed E-state index contributed by atoms with van der Waals surface area (Å²) in [5.41, 5.74) is 6.59. The Morgan fingerprint density at radius 1 is 1.14 bits per heavy atom. The summed E-state index contributed by atoms with van der Waals surface area (Å²) in [6.07, 6.45) is 2.28. The second kappa shape index (κ2) is 7.41. The molecule has 0 aliphatic heterocycles. The first-order valence-electron chi connectivity index (χ1n) is 7.91. The van der Waals surface area contributed by atoms with Crippen molar-refractivity contribution in [3.05, 3.63) is 52.3 Å². The van der Waals surface area contributed by atoms with Crippen LogP contribution in [0, 0.1) is 20.8 Å². The summed E-state index contributed by atoms with van der Waals surface area (Å²) in [7, 11) is 0. The van der Waals surface area contributed by atoms with E-state index in [1.165, 1.54) is 34.5 Å². The lowest BCUT2D eigenvalue weighted by atomic mass is 10.1. The highest BCUT2D eigenvalue weighted by molar-refractivity contribution is 5.29. The van der Waals surface area contributed by atoms with E-state index in [1.807, 2.05) is 0 Å². The summed E-state index contributed by atoms with van der Waals surface area (Å²) in [4.78, 5) is 0. The Balaban J connectivity index is 2.10. The average molecular weight is 285 g/mol.